The summed E-state index contributed by atoms with van der Waals surface area (Å²) in [5.41, 5.74) is -0.321. The van der Waals surface area contributed by atoms with Crippen LogP contribution in [0.25, 0.3) is 0 Å². The second-order valence-corrected chi connectivity index (χ2v) is 7.88. The van der Waals surface area contributed by atoms with Gasteiger partial charge in [-0.1, -0.05) is 0 Å². The van der Waals surface area contributed by atoms with Crippen molar-refractivity contribution in [2.75, 3.05) is 32.2 Å². The summed E-state index contributed by atoms with van der Waals surface area (Å²) >= 11 is 0. The van der Waals surface area contributed by atoms with Gasteiger partial charge in [0.05, 0.1) is 17.9 Å². The number of rotatable bonds is 8. The van der Waals surface area contributed by atoms with E-state index in [1.807, 2.05) is 27.7 Å². The molecule has 0 saturated carbocycles. The molecule has 0 heterocycles. The summed E-state index contributed by atoms with van der Waals surface area (Å²) in [6.07, 6.45) is 1.80. The van der Waals surface area contributed by atoms with Crippen LogP contribution in [-0.2, 0) is 14.6 Å². The fraction of sp³-hybridized carbons (Fsp3) is 0.923. The molecule has 0 aromatic heterocycles. The highest BCUT2D eigenvalue weighted by molar-refractivity contribution is 14.0. The Morgan fingerprint density at radius 2 is 1.95 bits per heavy atom. The molecule has 0 bridgehead atoms. The van der Waals surface area contributed by atoms with E-state index < -0.39 is 9.84 Å². The number of sulfone groups is 1. The highest BCUT2D eigenvalue weighted by Crippen LogP contribution is 2.07. The number of nitrogens with zero attached hydrogens (tertiary/aromatic N) is 1. The molecular weight excluding hydrogens is 405 g/mol. The maximum absolute atomic E-state index is 11.2. The van der Waals surface area contributed by atoms with E-state index in [0.29, 0.717) is 18.9 Å². The number of methoxy groups -OCH3 is 1. The topological polar surface area (TPSA) is 79.8 Å². The minimum atomic E-state index is -2.93. The lowest BCUT2D eigenvalue weighted by atomic mass is 10.1. The maximum atomic E-state index is 11.2. The smallest absolute Gasteiger partial charge is 0.191 e. The van der Waals surface area contributed by atoms with Gasteiger partial charge in [-0.05, 0) is 34.1 Å². The molecule has 2 N–H and O–H groups in total. The van der Waals surface area contributed by atoms with E-state index >= 15 is 0 Å². The summed E-state index contributed by atoms with van der Waals surface area (Å²) in [6.45, 7) is 9.13. The summed E-state index contributed by atoms with van der Waals surface area (Å²) < 4.78 is 27.6. The van der Waals surface area contributed by atoms with E-state index in [4.69, 9.17) is 4.74 Å². The van der Waals surface area contributed by atoms with Crippen LogP contribution in [0, 0.1) is 0 Å². The van der Waals surface area contributed by atoms with Gasteiger partial charge in [0.2, 0.25) is 0 Å². The first-order valence-electron chi connectivity index (χ1n) is 6.87. The number of aliphatic imine (C=N–C) groups is 1. The molecule has 0 aromatic rings. The number of hydrogen-bond donors (Lipinski definition) is 2. The molecule has 0 saturated heterocycles. The molecule has 0 radical (unpaired) electrons. The Hall–Kier alpha value is -0.0900. The molecule has 8 heteroatoms. The van der Waals surface area contributed by atoms with Crippen molar-refractivity contribution < 1.29 is 13.2 Å². The van der Waals surface area contributed by atoms with Gasteiger partial charge in [-0.2, -0.15) is 0 Å². The third-order valence-electron chi connectivity index (χ3n) is 2.82. The molecule has 0 aliphatic rings. The van der Waals surface area contributed by atoms with Gasteiger partial charge in [-0.15, -0.1) is 24.0 Å². The fourth-order valence-electron chi connectivity index (χ4n) is 1.35. The van der Waals surface area contributed by atoms with Crippen molar-refractivity contribution in [3.8, 4) is 0 Å². The van der Waals surface area contributed by atoms with E-state index in [1.165, 1.54) is 6.26 Å². The first-order valence-corrected chi connectivity index (χ1v) is 8.93. The van der Waals surface area contributed by atoms with Crippen molar-refractivity contribution >= 4 is 39.8 Å². The molecule has 1 unspecified atom stereocenters. The number of guanidine groups is 1. The summed E-state index contributed by atoms with van der Waals surface area (Å²) in [7, 11) is -1.27. The Morgan fingerprint density at radius 3 is 2.38 bits per heavy atom. The molecular formula is C13H30IN3O3S. The SMILES string of the molecule is CCNC(=NCC(C)(C)OC)NC(C)CCS(C)(=O)=O.I. The summed E-state index contributed by atoms with van der Waals surface area (Å²) in [5.74, 6) is 0.850. The van der Waals surface area contributed by atoms with Crippen LogP contribution in [-0.4, -0.2) is 58.2 Å². The standard InChI is InChI=1S/C13H29N3O3S.HI/c1-7-14-12(15-10-13(3,4)19-5)16-11(2)8-9-20(6,17)18;/h11H,7-10H2,1-6H3,(H2,14,15,16);1H. The number of nitrogens with one attached hydrogen (secondary N) is 2. The molecule has 0 aliphatic heterocycles. The molecule has 6 nitrogen and oxygen atoms in total. The average molecular weight is 435 g/mol. The Kier molecular flexibility index (Phi) is 11.7. The predicted octanol–water partition coefficient (Wildman–Crippen LogP) is 1.41. The van der Waals surface area contributed by atoms with E-state index in [0.717, 1.165) is 6.54 Å². The average Bonchev–Trinajstić information content (AvgIpc) is 2.33. The second-order valence-electron chi connectivity index (χ2n) is 5.62. The van der Waals surface area contributed by atoms with Crippen LogP contribution in [0.4, 0.5) is 0 Å². The lowest BCUT2D eigenvalue weighted by molar-refractivity contribution is 0.0310. The van der Waals surface area contributed by atoms with Gasteiger partial charge in [0.25, 0.3) is 0 Å². The van der Waals surface area contributed by atoms with Crippen LogP contribution in [0.1, 0.15) is 34.1 Å². The zero-order valence-electron chi connectivity index (χ0n) is 13.9. The van der Waals surface area contributed by atoms with Crippen LogP contribution in [0.5, 0.6) is 0 Å². The van der Waals surface area contributed by atoms with Gasteiger partial charge in [-0.3, -0.25) is 4.99 Å². The van der Waals surface area contributed by atoms with Crippen molar-refractivity contribution in [1.29, 1.82) is 0 Å². The van der Waals surface area contributed by atoms with Crippen molar-refractivity contribution in [1.82, 2.24) is 10.6 Å². The lowest BCUT2D eigenvalue weighted by Crippen LogP contribution is -2.43. The Balaban J connectivity index is 0. The zero-order chi connectivity index (χ0) is 15.8. The normalized spacial score (nSPS) is 14.3. The molecule has 0 rings (SSSR count). The molecule has 1 atom stereocenters. The molecule has 0 aliphatic carbocycles. The van der Waals surface area contributed by atoms with E-state index in [1.54, 1.807) is 7.11 Å². The second kappa shape index (κ2) is 10.6. The van der Waals surface area contributed by atoms with Gasteiger partial charge in [-0.25, -0.2) is 8.42 Å². The largest absolute Gasteiger partial charge is 0.377 e. The third kappa shape index (κ3) is 13.3. The van der Waals surface area contributed by atoms with E-state index in [2.05, 4.69) is 15.6 Å². The number of ether oxygens (including phenoxy) is 1. The van der Waals surface area contributed by atoms with Gasteiger partial charge < -0.3 is 15.4 Å². The van der Waals surface area contributed by atoms with Crippen molar-refractivity contribution in [3.63, 3.8) is 0 Å². The molecule has 0 spiro atoms. The summed E-state index contributed by atoms with van der Waals surface area (Å²) in [6, 6.07) is 0.0354. The van der Waals surface area contributed by atoms with Crippen LogP contribution in [0.3, 0.4) is 0 Å². The summed E-state index contributed by atoms with van der Waals surface area (Å²) in [5, 5.41) is 6.35. The molecule has 0 amide bonds. The summed E-state index contributed by atoms with van der Waals surface area (Å²) in [4.78, 5) is 4.46. The highest BCUT2D eigenvalue weighted by Gasteiger charge is 2.16. The molecule has 21 heavy (non-hydrogen) atoms. The van der Waals surface area contributed by atoms with Gasteiger partial charge >= 0.3 is 0 Å². The Morgan fingerprint density at radius 1 is 1.38 bits per heavy atom. The third-order valence-corrected chi connectivity index (χ3v) is 3.80. The van der Waals surface area contributed by atoms with Gasteiger partial charge in [0.1, 0.15) is 9.84 Å². The van der Waals surface area contributed by atoms with Crippen molar-refractivity contribution in [2.45, 2.75) is 45.8 Å². The molecule has 128 valence electrons. The monoisotopic (exact) mass is 435 g/mol. The highest BCUT2D eigenvalue weighted by atomic mass is 127. The van der Waals surface area contributed by atoms with E-state index in [9.17, 15) is 8.42 Å². The Bertz CT molecular complexity index is 411. The predicted molar refractivity (Wildman–Crippen MR) is 99.4 cm³/mol. The van der Waals surface area contributed by atoms with Crippen LogP contribution >= 0.6 is 24.0 Å². The number of halogens is 1. The first-order chi connectivity index (χ1) is 9.09. The first kappa shape index (κ1) is 23.2. The number of hydrogen-bond acceptors (Lipinski definition) is 4. The minimum Gasteiger partial charge on any atom is -0.377 e. The van der Waals surface area contributed by atoms with E-state index in [-0.39, 0.29) is 41.4 Å². The molecule has 0 fully saturated rings. The lowest BCUT2D eigenvalue weighted by Gasteiger charge is -2.22. The maximum Gasteiger partial charge on any atom is 0.191 e. The Labute approximate surface area is 146 Å². The fourth-order valence-corrected chi connectivity index (χ4v) is 2.13. The van der Waals surface area contributed by atoms with Crippen LogP contribution in [0.2, 0.25) is 0 Å². The van der Waals surface area contributed by atoms with Crippen LogP contribution < -0.4 is 10.6 Å². The van der Waals surface area contributed by atoms with Crippen molar-refractivity contribution in [3.05, 3.63) is 0 Å². The van der Waals surface area contributed by atoms with Gasteiger partial charge in [0.15, 0.2) is 5.96 Å². The quantitative estimate of drug-likeness (QED) is 0.343. The molecule has 0 aromatic carbocycles. The zero-order valence-corrected chi connectivity index (χ0v) is 17.0. The van der Waals surface area contributed by atoms with Crippen LogP contribution in [0.15, 0.2) is 4.99 Å². The van der Waals surface area contributed by atoms with Crippen molar-refractivity contribution in [2.24, 2.45) is 4.99 Å². The minimum absolute atomic E-state index is 0. The van der Waals surface area contributed by atoms with Gasteiger partial charge in [0, 0.05) is 26.0 Å².